The van der Waals surface area contributed by atoms with E-state index in [2.05, 4.69) is 16.3 Å². The quantitative estimate of drug-likeness (QED) is 0.686. The molecule has 3 nitrogen and oxygen atoms in total. The third kappa shape index (κ3) is 3.14. The van der Waals surface area contributed by atoms with Crippen molar-refractivity contribution in [3.05, 3.63) is 10.3 Å². The van der Waals surface area contributed by atoms with E-state index in [1.54, 1.807) is 0 Å². The maximum atomic E-state index is 5.51. The first-order chi connectivity index (χ1) is 5.33. The molecular formula is C6H9ClN2OS. The van der Waals surface area contributed by atoms with Gasteiger partial charge in [-0.1, -0.05) is 6.92 Å². The van der Waals surface area contributed by atoms with Gasteiger partial charge in [-0.3, -0.25) is 0 Å². The fourth-order valence-electron chi connectivity index (χ4n) is 0.597. The minimum absolute atomic E-state index is 0.310. The van der Waals surface area contributed by atoms with Crippen molar-refractivity contribution in [1.29, 1.82) is 0 Å². The average Bonchev–Trinajstić information content (AvgIpc) is 2.37. The highest BCUT2D eigenvalue weighted by Gasteiger charge is 1.99. The maximum absolute atomic E-state index is 5.51. The molecule has 0 amide bonds. The average molecular weight is 193 g/mol. The Morgan fingerprint density at radius 1 is 1.64 bits per heavy atom. The summed E-state index contributed by atoms with van der Waals surface area (Å²) in [6.45, 7) is 3.35. The number of halogens is 1. The van der Waals surface area contributed by atoms with E-state index in [9.17, 15) is 0 Å². The van der Waals surface area contributed by atoms with Crippen molar-refractivity contribution in [3.8, 4) is 0 Å². The summed E-state index contributed by atoms with van der Waals surface area (Å²) in [6.07, 6.45) is 1.02. The molecule has 5 heteroatoms. The Morgan fingerprint density at radius 3 is 3.00 bits per heavy atom. The van der Waals surface area contributed by atoms with E-state index >= 15 is 0 Å². The minimum atomic E-state index is 0.310. The molecule has 1 heterocycles. The van der Waals surface area contributed by atoms with Crippen molar-refractivity contribution in [3.63, 3.8) is 0 Å². The van der Waals surface area contributed by atoms with Crippen LogP contribution in [0, 0.1) is 0 Å². The Bertz CT molecular complexity index is 216. The first-order valence-corrected chi connectivity index (χ1v) is 4.54. The topological polar surface area (TPSA) is 35.0 Å². The van der Waals surface area contributed by atoms with Crippen molar-refractivity contribution in [2.24, 2.45) is 0 Å². The molecule has 0 fully saturated rings. The second-order valence-electron chi connectivity index (χ2n) is 2.01. The number of aromatic nitrogens is 2. The van der Waals surface area contributed by atoms with Crippen LogP contribution in [-0.2, 0) is 11.3 Å². The highest BCUT2D eigenvalue weighted by molar-refractivity contribution is 7.05. The van der Waals surface area contributed by atoms with Gasteiger partial charge in [0, 0.05) is 6.61 Å². The summed E-state index contributed by atoms with van der Waals surface area (Å²) in [4.78, 5) is 3.93. The smallest absolute Gasteiger partial charge is 0.234 e. The van der Waals surface area contributed by atoms with Gasteiger partial charge in [-0.05, 0) is 29.6 Å². The Hall–Kier alpha value is -0.190. The fourth-order valence-corrected chi connectivity index (χ4v) is 1.34. The Balaban J connectivity index is 2.27. The van der Waals surface area contributed by atoms with Crippen molar-refractivity contribution in [1.82, 2.24) is 9.36 Å². The lowest BCUT2D eigenvalue weighted by Crippen LogP contribution is -1.92. The molecule has 0 unspecified atom stereocenters. The van der Waals surface area contributed by atoms with Gasteiger partial charge < -0.3 is 4.74 Å². The third-order valence-electron chi connectivity index (χ3n) is 1.02. The lowest BCUT2D eigenvalue weighted by Gasteiger charge is -1.95. The van der Waals surface area contributed by atoms with Crippen LogP contribution >= 0.6 is 23.1 Å². The highest BCUT2D eigenvalue weighted by Crippen LogP contribution is 2.09. The van der Waals surface area contributed by atoms with Crippen LogP contribution < -0.4 is 0 Å². The van der Waals surface area contributed by atoms with Gasteiger partial charge in [-0.15, -0.1) is 0 Å². The van der Waals surface area contributed by atoms with Crippen LogP contribution in [-0.4, -0.2) is 16.0 Å². The highest BCUT2D eigenvalue weighted by atomic mass is 35.5. The fraction of sp³-hybridized carbons (Fsp3) is 0.667. The normalized spacial score (nSPS) is 10.4. The van der Waals surface area contributed by atoms with Gasteiger partial charge in [0.25, 0.3) is 0 Å². The van der Waals surface area contributed by atoms with Gasteiger partial charge in [0.1, 0.15) is 11.6 Å². The SMILES string of the molecule is CCCOCc1nc(Cl)ns1. The first-order valence-electron chi connectivity index (χ1n) is 3.38. The zero-order valence-electron chi connectivity index (χ0n) is 6.21. The van der Waals surface area contributed by atoms with Gasteiger partial charge >= 0.3 is 0 Å². The monoisotopic (exact) mass is 192 g/mol. The van der Waals surface area contributed by atoms with E-state index in [0.717, 1.165) is 18.0 Å². The van der Waals surface area contributed by atoms with E-state index in [1.165, 1.54) is 11.5 Å². The van der Waals surface area contributed by atoms with E-state index in [-0.39, 0.29) is 0 Å². The number of hydrogen-bond acceptors (Lipinski definition) is 4. The van der Waals surface area contributed by atoms with E-state index < -0.39 is 0 Å². The first kappa shape index (κ1) is 8.90. The Labute approximate surface area is 74.5 Å². The van der Waals surface area contributed by atoms with Crippen molar-refractivity contribution < 1.29 is 4.74 Å². The summed E-state index contributed by atoms with van der Waals surface area (Å²) in [5.74, 6) is 0. The molecule has 62 valence electrons. The van der Waals surface area contributed by atoms with Gasteiger partial charge in [0.05, 0.1) is 0 Å². The molecule has 1 rings (SSSR count). The van der Waals surface area contributed by atoms with Crippen molar-refractivity contribution in [2.45, 2.75) is 20.0 Å². The molecule has 11 heavy (non-hydrogen) atoms. The lowest BCUT2D eigenvalue weighted by atomic mass is 10.5. The summed E-state index contributed by atoms with van der Waals surface area (Å²) < 4.78 is 9.04. The van der Waals surface area contributed by atoms with Crippen LogP contribution in [0.4, 0.5) is 0 Å². The van der Waals surface area contributed by atoms with E-state index in [0.29, 0.717) is 11.9 Å². The van der Waals surface area contributed by atoms with E-state index in [1.807, 2.05) is 0 Å². The molecule has 0 aliphatic heterocycles. The molecule has 1 aromatic heterocycles. The van der Waals surface area contributed by atoms with Crippen LogP contribution in [0.2, 0.25) is 5.28 Å². The molecule has 0 saturated carbocycles. The molecular weight excluding hydrogens is 184 g/mol. The predicted octanol–water partition coefficient (Wildman–Crippen LogP) is 2.12. The molecule has 0 saturated heterocycles. The van der Waals surface area contributed by atoms with Crippen LogP contribution in [0.5, 0.6) is 0 Å². The second-order valence-corrected chi connectivity index (χ2v) is 3.18. The lowest BCUT2D eigenvalue weighted by molar-refractivity contribution is 0.121. The molecule has 0 spiro atoms. The van der Waals surface area contributed by atoms with Crippen LogP contribution in [0.15, 0.2) is 0 Å². The summed E-state index contributed by atoms with van der Waals surface area (Å²) in [5.41, 5.74) is 0. The minimum Gasteiger partial charge on any atom is -0.374 e. The van der Waals surface area contributed by atoms with Gasteiger partial charge in [0.2, 0.25) is 5.28 Å². The Kier molecular flexibility index (Phi) is 3.76. The molecule has 0 atom stereocenters. The van der Waals surface area contributed by atoms with Crippen LogP contribution in [0.3, 0.4) is 0 Å². The molecule has 0 aliphatic rings. The number of ether oxygens (including phenoxy) is 1. The van der Waals surface area contributed by atoms with Gasteiger partial charge in [-0.2, -0.15) is 4.37 Å². The summed E-state index contributed by atoms with van der Waals surface area (Å²) >= 11 is 6.79. The maximum Gasteiger partial charge on any atom is 0.234 e. The zero-order valence-corrected chi connectivity index (χ0v) is 7.78. The molecule has 1 aromatic rings. The van der Waals surface area contributed by atoms with Crippen molar-refractivity contribution in [2.75, 3.05) is 6.61 Å². The largest absolute Gasteiger partial charge is 0.374 e. The Morgan fingerprint density at radius 2 is 2.45 bits per heavy atom. The van der Waals surface area contributed by atoms with Crippen LogP contribution in [0.25, 0.3) is 0 Å². The predicted molar refractivity (Wildman–Crippen MR) is 44.9 cm³/mol. The molecule has 0 aromatic carbocycles. The van der Waals surface area contributed by atoms with Gasteiger partial charge in [-0.25, -0.2) is 4.98 Å². The van der Waals surface area contributed by atoms with Gasteiger partial charge in [0.15, 0.2) is 0 Å². The number of nitrogens with zero attached hydrogens (tertiary/aromatic N) is 2. The van der Waals surface area contributed by atoms with Crippen molar-refractivity contribution >= 4 is 23.1 Å². The molecule has 0 bridgehead atoms. The molecule has 0 N–H and O–H groups in total. The third-order valence-corrected chi connectivity index (χ3v) is 1.97. The van der Waals surface area contributed by atoms with Crippen LogP contribution in [0.1, 0.15) is 18.4 Å². The molecule has 0 aliphatic carbocycles. The second kappa shape index (κ2) is 4.64. The number of rotatable bonds is 4. The van der Waals surface area contributed by atoms with E-state index in [4.69, 9.17) is 16.3 Å². The standard InChI is InChI=1S/C6H9ClN2OS/c1-2-3-10-4-5-8-6(7)9-11-5/h2-4H2,1H3. The zero-order chi connectivity index (χ0) is 8.10. The summed E-state index contributed by atoms with van der Waals surface area (Å²) in [5, 5.41) is 1.15. The summed E-state index contributed by atoms with van der Waals surface area (Å²) in [7, 11) is 0. The molecule has 0 radical (unpaired) electrons. The number of hydrogen-bond donors (Lipinski definition) is 0. The summed E-state index contributed by atoms with van der Waals surface area (Å²) in [6, 6.07) is 0.